The standard InChI is InChI=1S/C19H26N4O4/c1-3-11(2)17(19(26)27)23-18(25)15(22-16(24)9-20)8-12-10-21-14-7-5-4-6-13(12)14/h4-7,10-11,15,17,21H,3,8-9,20H2,1-2H3,(H,22,24)(H,23,25)(H,26,27)/t11-,15-,17-/m0/s1. The average Bonchev–Trinajstić information content (AvgIpc) is 3.07. The fourth-order valence-electron chi connectivity index (χ4n) is 2.92. The van der Waals surface area contributed by atoms with E-state index in [4.69, 9.17) is 5.73 Å². The molecule has 2 rings (SSSR count). The van der Waals surface area contributed by atoms with Crippen LogP contribution in [0.4, 0.5) is 0 Å². The fourth-order valence-corrected chi connectivity index (χ4v) is 2.92. The first-order valence-electron chi connectivity index (χ1n) is 8.95. The van der Waals surface area contributed by atoms with Crippen molar-refractivity contribution in [1.82, 2.24) is 15.6 Å². The summed E-state index contributed by atoms with van der Waals surface area (Å²) in [6, 6.07) is 5.66. The molecule has 0 saturated carbocycles. The molecule has 0 bridgehead atoms. The van der Waals surface area contributed by atoms with Crippen LogP contribution in [0, 0.1) is 5.92 Å². The number of hydrogen-bond acceptors (Lipinski definition) is 4. The highest BCUT2D eigenvalue weighted by Crippen LogP contribution is 2.19. The number of amides is 2. The van der Waals surface area contributed by atoms with E-state index in [-0.39, 0.29) is 18.9 Å². The second-order valence-corrected chi connectivity index (χ2v) is 6.60. The van der Waals surface area contributed by atoms with E-state index in [9.17, 15) is 19.5 Å². The van der Waals surface area contributed by atoms with Crippen LogP contribution in [0.25, 0.3) is 10.9 Å². The Morgan fingerprint density at radius 2 is 1.93 bits per heavy atom. The van der Waals surface area contributed by atoms with Crippen molar-refractivity contribution in [2.75, 3.05) is 6.54 Å². The third-order valence-corrected chi connectivity index (χ3v) is 4.71. The summed E-state index contributed by atoms with van der Waals surface area (Å²) in [5, 5.41) is 15.5. The molecule has 8 nitrogen and oxygen atoms in total. The zero-order chi connectivity index (χ0) is 20.0. The van der Waals surface area contributed by atoms with Gasteiger partial charge in [-0.15, -0.1) is 0 Å². The lowest BCUT2D eigenvalue weighted by molar-refractivity contribution is -0.143. The number of nitrogens with one attached hydrogen (secondary N) is 3. The second-order valence-electron chi connectivity index (χ2n) is 6.60. The number of aromatic amines is 1. The lowest BCUT2D eigenvalue weighted by Crippen LogP contribution is -2.54. The third kappa shape index (κ3) is 5.07. The number of H-pyrrole nitrogens is 1. The Morgan fingerprint density at radius 3 is 2.56 bits per heavy atom. The molecule has 2 aromatic rings. The number of benzene rings is 1. The van der Waals surface area contributed by atoms with Crippen molar-refractivity contribution in [2.24, 2.45) is 11.7 Å². The number of carboxylic acids is 1. The topological polar surface area (TPSA) is 137 Å². The Bertz CT molecular complexity index is 817. The lowest BCUT2D eigenvalue weighted by atomic mass is 9.98. The van der Waals surface area contributed by atoms with Gasteiger partial charge in [-0.05, 0) is 17.5 Å². The van der Waals surface area contributed by atoms with E-state index in [0.29, 0.717) is 6.42 Å². The number of carboxylic acid groups (broad SMARTS) is 1. The van der Waals surface area contributed by atoms with Gasteiger partial charge in [0.2, 0.25) is 11.8 Å². The van der Waals surface area contributed by atoms with Crippen molar-refractivity contribution in [3.8, 4) is 0 Å². The minimum atomic E-state index is -1.10. The van der Waals surface area contributed by atoms with Crippen LogP contribution in [0.15, 0.2) is 30.5 Å². The predicted octanol–water partition coefficient (Wildman–Crippen LogP) is 0.769. The number of aromatic nitrogens is 1. The first-order valence-corrected chi connectivity index (χ1v) is 8.95. The van der Waals surface area contributed by atoms with Crippen LogP contribution in [0.1, 0.15) is 25.8 Å². The van der Waals surface area contributed by atoms with Gasteiger partial charge in [-0.2, -0.15) is 0 Å². The first kappa shape index (κ1) is 20.4. The maximum Gasteiger partial charge on any atom is 0.326 e. The van der Waals surface area contributed by atoms with E-state index >= 15 is 0 Å². The summed E-state index contributed by atoms with van der Waals surface area (Å²) in [4.78, 5) is 39.2. The van der Waals surface area contributed by atoms with Crippen molar-refractivity contribution in [2.45, 2.75) is 38.8 Å². The minimum Gasteiger partial charge on any atom is -0.480 e. The molecule has 1 aromatic heterocycles. The van der Waals surface area contributed by atoms with Gasteiger partial charge in [-0.1, -0.05) is 38.5 Å². The van der Waals surface area contributed by atoms with E-state index in [1.54, 1.807) is 13.1 Å². The van der Waals surface area contributed by atoms with Crippen molar-refractivity contribution in [1.29, 1.82) is 0 Å². The van der Waals surface area contributed by atoms with Gasteiger partial charge in [0.1, 0.15) is 12.1 Å². The van der Waals surface area contributed by atoms with Gasteiger partial charge >= 0.3 is 5.97 Å². The van der Waals surface area contributed by atoms with Crippen LogP contribution >= 0.6 is 0 Å². The van der Waals surface area contributed by atoms with Crippen LogP contribution in [-0.4, -0.2) is 46.5 Å². The monoisotopic (exact) mass is 374 g/mol. The van der Waals surface area contributed by atoms with Gasteiger partial charge in [0.15, 0.2) is 0 Å². The third-order valence-electron chi connectivity index (χ3n) is 4.71. The van der Waals surface area contributed by atoms with Crippen molar-refractivity contribution in [3.05, 3.63) is 36.0 Å². The molecular formula is C19H26N4O4. The molecule has 27 heavy (non-hydrogen) atoms. The van der Waals surface area contributed by atoms with E-state index in [2.05, 4.69) is 15.6 Å². The summed E-state index contributed by atoms with van der Waals surface area (Å²) in [5.41, 5.74) is 7.12. The minimum absolute atomic E-state index is 0.217. The Hall–Kier alpha value is -2.87. The largest absolute Gasteiger partial charge is 0.480 e. The Kier molecular flexibility index (Phi) is 6.95. The Labute approximate surface area is 157 Å². The second kappa shape index (κ2) is 9.18. The highest BCUT2D eigenvalue weighted by molar-refractivity contribution is 5.92. The molecular weight excluding hydrogens is 348 g/mol. The van der Waals surface area contributed by atoms with Crippen LogP contribution < -0.4 is 16.4 Å². The van der Waals surface area contributed by atoms with Gasteiger partial charge in [-0.25, -0.2) is 4.79 Å². The molecule has 3 atom stereocenters. The van der Waals surface area contributed by atoms with Crippen LogP contribution in [0.3, 0.4) is 0 Å². The molecule has 2 amide bonds. The number of carbonyl (C=O) groups is 3. The highest BCUT2D eigenvalue weighted by atomic mass is 16.4. The summed E-state index contributed by atoms with van der Waals surface area (Å²) >= 11 is 0. The summed E-state index contributed by atoms with van der Waals surface area (Å²) in [6.07, 6.45) is 2.59. The number of nitrogens with two attached hydrogens (primary N) is 1. The number of carbonyl (C=O) groups excluding carboxylic acids is 2. The van der Waals surface area contributed by atoms with Gasteiger partial charge < -0.3 is 26.5 Å². The molecule has 0 fully saturated rings. The maximum absolute atomic E-state index is 12.8. The molecule has 0 unspecified atom stereocenters. The lowest BCUT2D eigenvalue weighted by Gasteiger charge is -2.24. The van der Waals surface area contributed by atoms with Gasteiger partial charge in [0.25, 0.3) is 0 Å². The summed E-state index contributed by atoms with van der Waals surface area (Å²) in [6.45, 7) is 3.35. The molecule has 1 aromatic carbocycles. The zero-order valence-electron chi connectivity index (χ0n) is 15.5. The number of aliphatic carboxylic acids is 1. The van der Waals surface area contributed by atoms with Gasteiger partial charge in [0, 0.05) is 23.5 Å². The van der Waals surface area contributed by atoms with Gasteiger partial charge in [0.05, 0.1) is 6.54 Å². The smallest absolute Gasteiger partial charge is 0.326 e. The Morgan fingerprint density at radius 1 is 1.22 bits per heavy atom. The van der Waals surface area contributed by atoms with Crippen LogP contribution in [-0.2, 0) is 20.8 Å². The molecule has 146 valence electrons. The summed E-state index contributed by atoms with van der Waals surface area (Å²) in [7, 11) is 0. The first-order chi connectivity index (χ1) is 12.9. The van der Waals surface area contributed by atoms with Crippen LogP contribution in [0.2, 0.25) is 0 Å². The molecule has 0 radical (unpaired) electrons. The predicted molar refractivity (Wildman–Crippen MR) is 102 cm³/mol. The van der Waals surface area contributed by atoms with Crippen molar-refractivity contribution in [3.63, 3.8) is 0 Å². The number of fused-ring (bicyclic) bond motifs is 1. The summed E-state index contributed by atoms with van der Waals surface area (Å²) < 4.78 is 0. The number of rotatable bonds is 9. The van der Waals surface area contributed by atoms with E-state index in [1.807, 2.05) is 31.2 Å². The average molecular weight is 374 g/mol. The van der Waals surface area contributed by atoms with E-state index in [0.717, 1.165) is 16.5 Å². The van der Waals surface area contributed by atoms with Crippen molar-refractivity contribution < 1.29 is 19.5 Å². The normalized spacial score (nSPS) is 14.3. The number of para-hydroxylation sites is 1. The zero-order valence-corrected chi connectivity index (χ0v) is 15.5. The highest BCUT2D eigenvalue weighted by Gasteiger charge is 2.29. The molecule has 0 saturated heterocycles. The molecule has 8 heteroatoms. The van der Waals surface area contributed by atoms with E-state index in [1.165, 1.54) is 0 Å². The van der Waals surface area contributed by atoms with Gasteiger partial charge in [-0.3, -0.25) is 9.59 Å². The molecule has 0 aliphatic rings. The molecule has 1 heterocycles. The quantitative estimate of drug-likeness (QED) is 0.441. The molecule has 6 N–H and O–H groups in total. The molecule has 0 spiro atoms. The van der Waals surface area contributed by atoms with Crippen LogP contribution in [0.5, 0.6) is 0 Å². The summed E-state index contributed by atoms with van der Waals surface area (Å²) in [5.74, 6) is -2.38. The molecule has 0 aliphatic heterocycles. The fraction of sp³-hybridized carbons (Fsp3) is 0.421. The number of hydrogen-bond donors (Lipinski definition) is 5. The van der Waals surface area contributed by atoms with Crippen molar-refractivity contribution >= 4 is 28.7 Å². The molecule has 0 aliphatic carbocycles. The maximum atomic E-state index is 12.8. The Balaban J connectivity index is 2.23. The SMILES string of the molecule is CC[C@H](C)[C@H](NC(=O)[C@H](Cc1c[nH]c2ccccc12)NC(=O)CN)C(=O)O. The van der Waals surface area contributed by atoms with E-state index < -0.39 is 29.9 Å².